The van der Waals surface area contributed by atoms with E-state index in [1.165, 1.54) is 18.7 Å². The second kappa shape index (κ2) is 5.14. The van der Waals surface area contributed by atoms with Crippen LogP contribution in [0.25, 0.3) is 0 Å². The number of rotatable bonds is 5. The molecule has 1 unspecified atom stereocenters. The van der Waals surface area contributed by atoms with Crippen molar-refractivity contribution in [2.75, 3.05) is 19.8 Å². The van der Waals surface area contributed by atoms with Gasteiger partial charge in [0.05, 0.1) is 0 Å². The van der Waals surface area contributed by atoms with Crippen LogP contribution in [0.4, 0.5) is 0 Å². The topological polar surface area (TPSA) is 80.5 Å². The van der Waals surface area contributed by atoms with Crippen LogP contribution >= 0.6 is 0 Å². The van der Waals surface area contributed by atoms with Crippen LogP contribution in [0.5, 0.6) is 0 Å². The first-order valence-electron chi connectivity index (χ1n) is 5.21. The molecular formula is C10H22N2O3S. The third-order valence-electron chi connectivity index (χ3n) is 2.71. The van der Waals surface area contributed by atoms with Gasteiger partial charge in [-0.2, -0.15) is 0 Å². The Kier molecular flexibility index (Phi) is 4.94. The quantitative estimate of drug-likeness (QED) is 0.745. The average molecular weight is 250 g/mol. The van der Waals surface area contributed by atoms with Crippen LogP contribution in [0, 0.1) is 0 Å². The molecule has 0 radical (unpaired) electrons. The van der Waals surface area contributed by atoms with Gasteiger partial charge in [0.1, 0.15) is 4.75 Å². The molecule has 0 rings (SSSR count). The zero-order valence-corrected chi connectivity index (χ0v) is 11.5. The van der Waals surface area contributed by atoms with Crippen molar-refractivity contribution in [3.63, 3.8) is 0 Å². The van der Waals surface area contributed by atoms with Crippen LogP contribution in [-0.2, 0) is 14.6 Å². The van der Waals surface area contributed by atoms with Gasteiger partial charge in [0.25, 0.3) is 0 Å². The molecule has 0 saturated carbocycles. The van der Waals surface area contributed by atoms with Gasteiger partial charge in [0.15, 0.2) is 9.84 Å². The zero-order chi connectivity index (χ0) is 13.1. The van der Waals surface area contributed by atoms with Crippen molar-refractivity contribution in [3.8, 4) is 0 Å². The lowest BCUT2D eigenvalue weighted by Gasteiger charge is -2.28. The van der Waals surface area contributed by atoms with Crippen LogP contribution in [0.15, 0.2) is 0 Å². The summed E-state index contributed by atoms with van der Waals surface area (Å²) in [7, 11) is -1.81. The predicted molar refractivity (Wildman–Crippen MR) is 64.8 cm³/mol. The lowest BCUT2D eigenvalue weighted by Crippen LogP contribution is -2.48. The molecule has 0 bridgehead atoms. The first-order valence-corrected chi connectivity index (χ1v) is 7.10. The molecule has 0 saturated heterocycles. The Morgan fingerprint density at radius 1 is 1.44 bits per heavy atom. The Labute approximate surface area is 97.9 Å². The molecule has 0 aromatic rings. The van der Waals surface area contributed by atoms with E-state index in [0.717, 1.165) is 6.26 Å². The van der Waals surface area contributed by atoms with Gasteiger partial charge in [-0.1, -0.05) is 0 Å². The standard InChI is InChI=1S/C10H22N2O3S/c1-8(11)6-7-12(4)9(13)10(2,3)16(5,14)15/h8H,6-7,11H2,1-5H3. The average Bonchev–Trinajstić information content (AvgIpc) is 2.10. The third kappa shape index (κ3) is 3.75. The molecule has 2 N–H and O–H groups in total. The number of amides is 1. The van der Waals surface area contributed by atoms with Gasteiger partial charge in [-0.15, -0.1) is 0 Å². The van der Waals surface area contributed by atoms with E-state index in [1.807, 2.05) is 6.92 Å². The van der Waals surface area contributed by atoms with Gasteiger partial charge >= 0.3 is 0 Å². The Morgan fingerprint density at radius 2 is 1.88 bits per heavy atom. The van der Waals surface area contributed by atoms with Gasteiger partial charge in [0, 0.05) is 25.9 Å². The number of carbonyl (C=O) groups excluding carboxylic acids is 1. The summed E-state index contributed by atoms with van der Waals surface area (Å²) in [6.45, 7) is 5.16. The summed E-state index contributed by atoms with van der Waals surface area (Å²) in [5.41, 5.74) is 5.58. The smallest absolute Gasteiger partial charge is 0.243 e. The summed E-state index contributed by atoms with van der Waals surface area (Å²) >= 11 is 0. The molecule has 0 aromatic carbocycles. The summed E-state index contributed by atoms with van der Waals surface area (Å²) in [5.74, 6) is -0.393. The van der Waals surface area contributed by atoms with E-state index in [0.29, 0.717) is 13.0 Å². The van der Waals surface area contributed by atoms with Crippen LogP contribution < -0.4 is 5.73 Å². The number of hydrogen-bond acceptors (Lipinski definition) is 4. The molecule has 0 aliphatic carbocycles. The van der Waals surface area contributed by atoms with E-state index >= 15 is 0 Å². The first kappa shape index (κ1) is 15.4. The summed E-state index contributed by atoms with van der Waals surface area (Å²) in [4.78, 5) is 13.4. The molecule has 0 aliphatic rings. The minimum Gasteiger partial charge on any atom is -0.344 e. The highest BCUT2D eigenvalue weighted by molar-refractivity contribution is 7.92. The van der Waals surface area contributed by atoms with E-state index in [2.05, 4.69) is 0 Å². The highest BCUT2D eigenvalue weighted by Gasteiger charge is 2.40. The summed E-state index contributed by atoms with van der Waals surface area (Å²) in [6, 6.07) is -0.00315. The maximum absolute atomic E-state index is 11.9. The molecule has 6 heteroatoms. The number of sulfone groups is 1. The minimum absolute atomic E-state index is 0.00315. The minimum atomic E-state index is -3.41. The maximum Gasteiger partial charge on any atom is 0.243 e. The van der Waals surface area contributed by atoms with E-state index in [4.69, 9.17) is 5.73 Å². The molecule has 5 nitrogen and oxygen atoms in total. The molecule has 0 spiro atoms. The lowest BCUT2D eigenvalue weighted by atomic mass is 10.1. The van der Waals surface area contributed by atoms with E-state index < -0.39 is 20.5 Å². The Bertz CT molecular complexity index is 347. The van der Waals surface area contributed by atoms with Crippen molar-refractivity contribution in [1.82, 2.24) is 4.90 Å². The molecule has 96 valence electrons. The fourth-order valence-electron chi connectivity index (χ4n) is 1.12. The van der Waals surface area contributed by atoms with Crippen molar-refractivity contribution >= 4 is 15.7 Å². The fourth-order valence-corrected chi connectivity index (χ4v) is 1.59. The van der Waals surface area contributed by atoms with Gasteiger partial charge in [-0.05, 0) is 27.2 Å². The zero-order valence-electron chi connectivity index (χ0n) is 10.6. The van der Waals surface area contributed by atoms with E-state index in [9.17, 15) is 13.2 Å². The molecule has 1 amide bonds. The van der Waals surface area contributed by atoms with Gasteiger partial charge in [-0.25, -0.2) is 8.42 Å². The molecular weight excluding hydrogens is 228 g/mol. The molecule has 1 atom stereocenters. The van der Waals surface area contributed by atoms with E-state index in [-0.39, 0.29) is 6.04 Å². The van der Waals surface area contributed by atoms with Crippen LogP contribution in [0.3, 0.4) is 0 Å². The van der Waals surface area contributed by atoms with E-state index in [1.54, 1.807) is 7.05 Å². The number of nitrogens with two attached hydrogens (primary N) is 1. The highest BCUT2D eigenvalue weighted by atomic mass is 32.2. The lowest BCUT2D eigenvalue weighted by molar-refractivity contribution is -0.131. The Hall–Kier alpha value is -0.620. The van der Waals surface area contributed by atoms with Gasteiger partial charge in [0.2, 0.25) is 5.91 Å². The summed E-state index contributed by atoms with van der Waals surface area (Å²) < 4.78 is 21.6. The van der Waals surface area contributed by atoms with Gasteiger partial charge < -0.3 is 10.6 Å². The van der Waals surface area contributed by atoms with Crippen LogP contribution in [0.1, 0.15) is 27.2 Å². The summed E-state index contributed by atoms with van der Waals surface area (Å²) in [5, 5.41) is 0. The molecule has 0 aliphatic heterocycles. The molecule has 0 heterocycles. The SMILES string of the molecule is CC(N)CCN(C)C(=O)C(C)(C)S(C)(=O)=O. The predicted octanol–water partition coefficient (Wildman–Crippen LogP) is 0.00530. The number of carbonyl (C=O) groups is 1. The molecule has 0 aromatic heterocycles. The fraction of sp³-hybridized carbons (Fsp3) is 0.900. The Morgan fingerprint density at radius 3 is 2.19 bits per heavy atom. The van der Waals surface area contributed by atoms with Crippen molar-refractivity contribution in [3.05, 3.63) is 0 Å². The number of hydrogen-bond donors (Lipinski definition) is 1. The highest BCUT2D eigenvalue weighted by Crippen LogP contribution is 2.18. The van der Waals surface area contributed by atoms with Crippen molar-refractivity contribution < 1.29 is 13.2 Å². The largest absolute Gasteiger partial charge is 0.344 e. The van der Waals surface area contributed by atoms with Gasteiger partial charge in [-0.3, -0.25) is 4.79 Å². The van der Waals surface area contributed by atoms with Crippen molar-refractivity contribution in [1.29, 1.82) is 0 Å². The number of nitrogens with zero attached hydrogens (tertiary/aromatic N) is 1. The maximum atomic E-state index is 11.9. The monoisotopic (exact) mass is 250 g/mol. The van der Waals surface area contributed by atoms with Crippen LogP contribution in [-0.4, -0.2) is 49.9 Å². The third-order valence-corrected chi connectivity index (χ3v) is 4.74. The second-order valence-corrected chi connectivity index (χ2v) is 7.34. The molecule has 16 heavy (non-hydrogen) atoms. The normalized spacial score (nSPS) is 14.6. The summed E-state index contributed by atoms with van der Waals surface area (Å²) in [6.07, 6.45) is 1.73. The first-order chi connectivity index (χ1) is 7.00. The van der Waals surface area contributed by atoms with Crippen LogP contribution in [0.2, 0.25) is 0 Å². The molecule has 0 fully saturated rings. The van der Waals surface area contributed by atoms with Crippen molar-refractivity contribution in [2.45, 2.75) is 38.0 Å². The van der Waals surface area contributed by atoms with Crippen molar-refractivity contribution in [2.24, 2.45) is 5.73 Å². The second-order valence-electron chi connectivity index (χ2n) is 4.78. The Balaban J connectivity index is 4.68.